The summed E-state index contributed by atoms with van der Waals surface area (Å²) in [4.78, 5) is 0. The average molecular weight is 563 g/mol. The number of hydrogen-bond acceptors (Lipinski definition) is 5. The maximum atomic E-state index is 5.83. The Morgan fingerprint density at radius 1 is 0.632 bits per heavy atom. The third-order valence-electron chi connectivity index (χ3n) is 6.50. The van der Waals surface area contributed by atoms with E-state index in [1.54, 1.807) is 7.11 Å². The third kappa shape index (κ3) is 13.8. The van der Waals surface area contributed by atoms with E-state index in [0.29, 0.717) is 0 Å². The Morgan fingerprint density at radius 2 is 1.16 bits per heavy atom. The minimum atomic E-state index is -1.44. The van der Waals surface area contributed by atoms with Gasteiger partial charge in [0.1, 0.15) is 5.75 Å². The zero-order chi connectivity index (χ0) is 28.8. The smallest absolute Gasteiger partial charge is 0.186 e. The first-order valence-corrected chi connectivity index (χ1v) is 20.2. The van der Waals surface area contributed by atoms with Gasteiger partial charge in [-0.25, -0.2) is 0 Å². The Bertz CT molecular complexity index is 928. The second-order valence-corrected chi connectivity index (χ2v) is 20.4. The summed E-state index contributed by atoms with van der Waals surface area (Å²) in [6, 6.07) is 16.9. The van der Waals surface area contributed by atoms with E-state index in [9.17, 15) is 0 Å². The molecular formula is C31H54O5Si2. The highest BCUT2D eigenvalue weighted by Gasteiger charge is 2.20. The van der Waals surface area contributed by atoms with Gasteiger partial charge in [-0.3, -0.25) is 0 Å². The fourth-order valence-electron chi connectivity index (χ4n) is 3.92. The van der Waals surface area contributed by atoms with E-state index in [1.165, 1.54) is 29.6 Å². The lowest BCUT2D eigenvalue weighted by Crippen LogP contribution is -2.28. The maximum absolute atomic E-state index is 5.83. The summed E-state index contributed by atoms with van der Waals surface area (Å²) < 4.78 is 28.1. The van der Waals surface area contributed by atoms with Gasteiger partial charge in [-0.05, 0) is 121 Å². The Hall–Kier alpha value is -1.81. The first-order chi connectivity index (χ1) is 17.8. The Labute approximate surface area is 235 Å². The van der Waals surface area contributed by atoms with Gasteiger partial charge in [0, 0.05) is 14.2 Å². The third-order valence-corrected chi connectivity index (χ3v) is 11.8. The normalized spacial score (nSPS) is 11.8. The number of para-hydroxylation sites is 1. The van der Waals surface area contributed by atoms with E-state index in [0.717, 1.165) is 36.5 Å². The van der Waals surface area contributed by atoms with E-state index < -0.39 is 16.6 Å². The van der Waals surface area contributed by atoms with Gasteiger partial charge in [0.15, 0.2) is 28.1 Å². The monoisotopic (exact) mass is 562 g/mol. The van der Waals surface area contributed by atoms with E-state index in [1.807, 2.05) is 40.2 Å². The molecule has 0 aliphatic rings. The second-order valence-electron chi connectivity index (χ2n) is 11.6. The fraction of sp³-hybridized carbons (Fsp3) is 0.613. The molecule has 0 saturated heterocycles. The van der Waals surface area contributed by atoms with Crippen LogP contribution in [0.4, 0.5) is 0 Å². The van der Waals surface area contributed by atoms with Gasteiger partial charge in [-0.1, -0.05) is 24.3 Å². The Balaban J connectivity index is 0.000000382. The highest BCUT2D eigenvalue weighted by molar-refractivity contribution is 6.71. The van der Waals surface area contributed by atoms with Gasteiger partial charge in [0.2, 0.25) is 0 Å². The van der Waals surface area contributed by atoms with Crippen LogP contribution in [-0.4, -0.2) is 50.2 Å². The molecule has 0 N–H and O–H groups in total. The number of benzene rings is 2. The molecule has 38 heavy (non-hydrogen) atoms. The minimum Gasteiger partial charge on any atom is -0.493 e. The van der Waals surface area contributed by atoms with Gasteiger partial charge < -0.3 is 23.1 Å². The summed E-state index contributed by atoms with van der Waals surface area (Å²) in [5, 5.41) is 0. The van der Waals surface area contributed by atoms with Gasteiger partial charge in [-0.2, -0.15) is 0 Å². The van der Waals surface area contributed by atoms with Gasteiger partial charge in [0.05, 0.1) is 19.3 Å². The lowest BCUT2D eigenvalue weighted by atomic mass is 10.1. The van der Waals surface area contributed by atoms with Crippen LogP contribution in [0.3, 0.4) is 0 Å². The second kappa shape index (κ2) is 17.0. The molecule has 0 aliphatic carbocycles. The van der Waals surface area contributed by atoms with E-state index >= 15 is 0 Å². The number of ether oxygens (including phenoxy) is 3. The van der Waals surface area contributed by atoms with Crippen molar-refractivity contribution in [1.29, 1.82) is 0 Å². The van der Waals surface area contributed by atoms with Gasteiger partial charge in [0.25, 0.3) is 0 Å². The van der Waals surface area contributed by atoms with Crippen LogP contribution in [-0.2, 0) is 21.7 Å². The molecule has 5 nitrogen and oxygen atoms in total. The molecule has 0 unspecified atom stereocenters. The molecule has 2 aromatic rings. The molecule has 0 saturated carbocycles. The largest absolute Gasteiger partial charge is 0.493 e. The van der Waals surface area contributed by atoms with E-state index in [-0.39, 0.29) is 12.2 Å². The van der Waals surface area contributed by atoms with Crippen LogP contribution in [0.2, 0.25) is 38.3 Å². The van der Waals surface area contributed by atoms with Crippen molar-refractivity contribution in [3.8, 4) is 17.2 Å². The van der Waals surface area contributed by atoms with Crippen molar-refractivity contribution in [2.75, 3.05) is 21.3 Å². The topological polar surface area (TPSA) is 46.2 Å². The zero-order valence-electron chi connectivity index (χ0n) is 26.0. The van der Waals surface area contributed by atoms with Crippen molar-refractivity contribution in [2.45, 2.75) is 104 Å². The summed E-state index contributed by atoms with van der Waals surface area (Å²) in [6.45, 7) is 17.2. The number of methoxy groups -OCH3 is 1. The molecule has 0 heterocycles. The van der Waals surface area contributed by atoms with E-state index in [4.69, 9.17) is 23.1 Å². The van der Waals surface area contributed by atoms with Crippen molar-refractivity contribution in [3.63, 3.8) is 0 Å². The molecule has 0 spiro atoms. The predicted octanol–water partition coefficient (Wildman–Crippen LogP) is 8.52. The summed E-state index contributed by atoms with van der Waals surface area (Å²) >= 11 is 0. The molecule has 0 aliphatic heterocycles. The van der Waals surface area contributed by atoms with Gasteiger partial charge >= 0.3 is 0 Å². The van der Waals surface area contributed by atoms with Crippen LogP contribution in [0.15, 0.2) is 42.5 Å². The minimum absolute atomic E-state index is 0.156. The first-order valence-electron chi connectivity index (χ1n) is 14.0. The molecule has 0 amide bonds. The molecule has 0 fully saturated rings. The highest BCUT2D eigenvalue weighted by Crippen LogP contribution is 2.30. The Kier molecular flexibility index (Phi) is 15.3. The first kappa shape index (κ1) is 34.2. The summed E-state index contributed by atoms with van der Waals surface area (Å²) in [5.74, 6) is 2.67. The maximum Gasteiger partial charge on any atom is 0.186 e. The molecular weight excluding hydrogens is 509 g/mol. The number of aryl methyl sites for hydroxylation is 2. The standard InChI is InChI=1S/C16H28O3Si.C15H26O2Si/c1-13(2)19-15-10-9-14(12-16(15)17-3)8-7-11-20(5,6)18-4;1-13(2)17-15-11-7-6-9-14(15)10-8-12-18(4,5)16-3/h9-10,12-13H,7-8,11H2,1-6H3;6-7,9,11,13H,8,10,12H2,1-5H3. The Morgan fingerprint density at radius 3 is 1.68 bits per heavy atom. The molecule has 0 aromatic heterocycles. The van der Waals surface area contributed by atoms with Crippen LogP contribution in [0.5, 0.6) is 17.2 Å². The van der Waals surface area contributed by atoms with Crippen molar-refractivity contribution in [1.82, 2.24) is 0 Å². The summed E-state index contributed by atoms with van der Waals surface area (Å²) in [7, 11) is 2.49. The quantitative estimate of drug-likeness (QED) is 0.204. The van der Waals surface area contributed by atoms with Gasteiger partial charge in [-0.15, -0.1) is 0 Å². The SMILES string of the molecule is CO[Si](C)(C)CCCc1ccccc1OC(C)C.COc1cc(CCC[Si](C)(C)OC)ccc1OC(C)C. The lowest BCUT2D eigenvalue weighted by Gasteiger charge is -2.20. The summed E-state index contributed by atoms with van der Waals surface area (Å²) in [5.41, 5.74) is 2.60. The van der Waals surface area contributed by atoms with Crippen LogP contribution in [0.25, 0.3) is 0 Å². The average Bonchev–Trinajstić information content (AvgIpc) is 2.85. The van der Waals surface area contributed by atoms with E-state index in [2.05, 4.69) is 70.4 Å². The van der Waals surface area contributed by atoms with Crippen molar-refractivity contribution < 1.29 is 23.1 Å². The molecule has 0 bridgehead atoms. The molecule has 0 radical (unpaired) electrons. The fourth-order valence-corrected chi connectivity index (χ4v) is 6.39. The van der Waals surface area contributed by atoms with Crippen LogP contribution >= 0.6 is 0 Å². The summed E-state index contributed by atoms with van der Waals surface area (Å²) in [6.07, 6.45) is 4.84. The molecule has 2 aromatic carbocycles. The molecule has 216 valence electrons. The predicted molar refractivity (Wildman–Crippen MR) is 166 cm³/mol. The van der Waals surface area contributed by atoms with Crippen molar-refractivity contribution in [2.24, 2.45) is 0 Å². The molecule has 0 atom stereocenters. The highest BCUT2D eigenvalue weighted by atomic mass is 28.4. The van der Waals surface area contributed by atoms with Crippen LogP contribution in [0.1, 0.15) is 51.7 Å². The van der Waals surface area contributed by atoms with Crippen molar-refractivity contribution >= 4 is 16.6 Å². The van der Waals surface area contributed by atoms with Crippen LogP contribution < -0.4 is 14.2 Å². The molecule has 2 rings (SSSR count). The van der Waals surface area contributed by atoms with Crippen molar-refractivity contribution in [3.05, 3.63) is 53.6 Å². The number of rotatable bonds is 15. The number of hydrogen-bond donors (Lipinski definition) is 0. The van der Waals surface area contributed by atoms with Crippen LogP contribution in [0, 0.1) is 0 Å². The molecule has 7 heteroatoms. The zero-order valence-corrected chi connectivity index (χ0v) is 28.0. The lowest BCUT2D eigenvalue weighted by molar-refractivity contribution is 0.230.